The number of nitrogens with zero attached hydrogens (tertiary/aromatic N) is 1. The maximum atomic E-state index is 11.5. The number of hydrogen-bond donors (Lipinski definition) is 1. The maximum Gasteiger partial charge on any atom is 0.209 e. The van der Waals surface area contributed by atoms with Crippen LogP contribution in [0.2, 0.25) is 0 Å². The largest absolute Gasteiger partial charge is 0.345 e. The van der Waals surface area contributed by atoms with Crippen molar-refractivity contribution >= 4 is 6.41 Å². The molecule has 112 valence electrons. The number of nitrogens with one attached hydrogen (secondary N) is 1. The molecule has 18 heavy (non-hydrogen) atoms. The van der Waals surface area contributed by atoms with E-state index < -0.39 is 6.17 Å². The van der Waals surface area contributed by atoms with Crippen LogP contribution in [-0.2, 0) is 4.79 Å². The molecule has 0 saturated carbocycles. The Labute approximate surface area is 113 Å². The van der Waals surface area contributed by atoms with Gasteiger partial charge in [-0.05, 0) is 12.8 Å². The third-order valence-electron chi connectivity index (χ3n) is 2.02. The highest BCUT2D eigenvalue weighted by Gasteiger charge is 2.12. The molecule has 2 saturated heterocycles. The van der Waals surface area contributed by atoms with E-state index in [2.05, 4.69) is 5.32 Å². The highest BCUT2D eigenvalue weighted by molar-refractivity contribution is 5.47. The summed E-state index contributed by atoms with van der Waals surface area (Å²) < 4.78 is 11.5. The molecule has 2 aliphatic rings. The Hall–Kier alpha value is -0.640. The molecule has 0 atom stereocenters. The quantitative estimate of drug-likeness (QED) is 0.737. The van der Waals surface area contributed by atoms with Gasteiger partial charge in [0.05, 0.1) is 0 Å². The van der Waals surface area contributed by atoms with Crippen molar-refractivity contribution in [2.24, 2.45) is 0 Å². The van der Waals surface area contributed by atoms with Gasteiger partial charge in [-0.15, -0.1) is 0 Å². The zero-order valence-corrected chi connectivity index (χ0v) is 13.1. The maximum absolute atomic E-state index is 11.5. The van der Waals surface area contributed by atoms with Gasteiger partial charge in [-0.1, -0.05) is 41.5 Å². The highest BCUT2D eigenvalue weighted by atomic mass is 19.1. The lowest BCUT2D eigenvalue weighted by Crippen LogP contribution is -2.43. The van der Waals surface area contributed by atoms with Crippen LogP contribution in [0.5, 0.6) is 0 Å². The van der Waals surface area contributed by atoms with Gasteiger partial charge in [0.15, 0.2) is 0 Å². The van der Waals surface area contributed by atoms with Crippen molar-refractivity contribution in [2.75, 3.05) is 26.2 Å². The van der Waals surface area contributed by atoms with Crippen molar-refractivity contribution in [3.63, 3.8) is 0 Å². The van der Waals surface area contributed by atoms with Crippen LogP contribution in [-0.4, -0.2) is 43.7 Å². The van der Waals surface area contributed by atoms with Crippen LogP contribution >= 0.6 is 0 Å². The van der Waals surface area contributed by atoms with Crippen LogP contribution in [0.3, 0.4) is 0 Å². The van der Waals surface area contributed by atoms with Gasteiger partial charge in [-0.3, -0.25) is 4.79 Å². The Morgan fingerprint density at radius 1 is 1.00 bits per heavy atom. The molecule has 2 aliphatic heterocycles. The second-order valence-corrected chi connectivity index (χ2v) is 3.10. The summed E-state index contributed by atoms with van der Waals surface area (Å²) in [5.74, 6) is 0. The van der Waals surface area contributed by atoms with E-state index in [-0.39, 0.29) is 0 Å². The van der Waals surface area contributed by atoms with Gasteiger partial charge < -0.3 is 10.2 Å². The average molecular weight is 264 g/mol. The third-order valence-corrected chi connectivity index (χ3v) is 2.02. The van der Waals surface area contributed by atoms with Gasteiger partial charge in [-0.2, -0.15) is 0 Å². The van der Waals surface area contributed by atoms with Crippen molar-refractivity contribution in [2.45, 2.75) is 60.6 Å². The molecule has 0 aromatic heterocycles. The molecule has 3 nitrogen and oxygen atoms in total. The predicted octanol–water partition coefficient (Wildman–Crippen LogP) is 3.24. The Morgan fingerprint density at radius 2 is 1.33 bits per heavy atom. The van der Waals surface area contributed by atoms with Crippen LogP contribution in [0.1, 0.15) is 54.4 Å². The summed E-state index contributed by atoms with van der Waals surface area (Å²) in [6.07, 6.45) is 2.76. The number of halogens is 1. The number of hydrogen-bond acceptors (Lipinski definition) is 2. The molecule has 0 aliphatic carbocycles. The average Bonchev–Trinajstić information content (AvgIpc) is 2.97. The first-order valence-corrected chi connectivity index (χ1v) is 7.37. The Morgan fingerprint density at radius 3 is 1.44 bits per heavy atom. The van der Waals surface area contributed by atoms with Gasteiger partial charge >= 0.3 is 0 Å². The molecule has 0 aromatic rings. The molecule has 2 fully saturated rings. The minimum atomic E-state index is -0.546. The number of alkyl halides is 1. The van der Waals surface area contributed by atoms with E-state index in [0.717, 1.165) is 19.5 Å². The summed E-state index contributed by atoms with van der Waals surface area (Å²) in [6, 6.07) is 0. The Balaban J connectivity index is -0.000000181. The van der Waals surface area contributed by atoms with Crippen LogP contribution in [0, 0.1) is 0 Å². The smallest absolute Gasteiger partial charge is 0.209 e. The van der Waals surface area contributed by atoms with Crippen LogP contribution in [0.15, 0.2) is 0 Å². The Bertz CT molecular complexity index is 136. The molecular weight excluding hydrogens is 231 g/mol. The molecular formula is C14H33FN2O. The summed E-state index contributed by atoms with van der Waals surface area (Å²) in [5.41, 5.74) is 0. The SMILES string of the molecule is CC.CC.CC.FC1CNC1.O=CN1CCCC1. The lowest BCUT2D eigenvalue weighted by molar-refractivity contribution is -0.117. The number of rotatable bonds is 1. The second kappa shape index (κ2) is 21.6. The molecule has 4 heteroatoms. The van der Waals surface area contributed by atoms with Gasteiger partial charge in [0.25, 0.3) is 0 Å². The van der Waals surface area contributed by atoms with Gasteiger partial charge in [0.2, 0.25) is 6.41 Å². The van der Waals surface area contributed by atoms with Crippen LogP contribution in [0.25, 0.3) is 0 Å². The number of likely N-dealkylation sites (tertiary alicyclic amines) is 1. The zero-order valence-electron chi connectivity index (χ0n) is 13.1. The number of carbonyl (C=O) groups is 1. The summed E-state index contributed by atoms with van der Waals surface area (Å²) in [6.45, 7) is 15.1. The summed E-state index contributed by atoms with van der Waals surface area (Å²) in [4.78, 5) is 11.7. The number of carbonyl (C=O) groups excluding carboxylic acids is 1. The van der Waals surface area contributed by atoms with Crippen LogP contribution < -0.4 is 5.32 Å². The molecule has 0 aromatic carbocycles. The molecule has 2 heterocycles. The third kappa shape index (κ3) is 15.4. The van der Waals surface area contributed by atoms with E-state index in [1.54, 1.807) is 4.90 Å². The van der Waals surface area contributed by atoms with Crippen molar-refractivity contribution in [1.29, 1.82) is 0 Å². The molecule has 2 rings (SSSR count). The van der Waals surface area contributed by atoms with Crippen molar-refractivity contribution in [1.82, 2.24) is 10.2 Å². The van der Waals surface area contributed by atoms with E-state index in [0.29, 0.717) is 13.1 Å². The lowest BCUT2D eigenvalue weighted by atomic mass is 10.3. The summed E-state index contributed by atoms with van der Waals surface area (Å²) in [7, 11) is 0. The minimum absolute atomic E-state index is 0.546. The molecule has 1 amide bonds. The summed E-state index contributed by atoms with van der Waals surface area (Å²) in [5, 5.41) is 2.79. The first-order valence-electron chi connectivity index (χ1n) is 7.37. The van der Waals surface area contributed by atoms with E-state index in [1.165, 1.54) is 12.8 Å². The molecule has 0 spiro atoms. The monoisotopic (exact) mass is 264 g/mol. The van der Waals surface area contributed by atoms with Gasteiger partial charge in [-0.25, -0.2) is 4.39 Å². The second-order valence-electron chi connectivity index (χ2n) is 3.10. The fraction of sp³-hybridized carbons (Fsp3) is 0.929. The fourth-order valence-electron chi connectivity index (χ4n) is 1.10. The van der Waals surface area contributed by atoms with E-state index >= 15 is 0 Å². The first kappa shape index (κ1) is 22.5. The Kier molecular flexibility index (Phi) is 27.1. The standard InChI is InChI=1S/C5H9NO.C3H6FN.3C2H6/c7-5-6-3-1-2-4-6;4-3-1-5-2-3;3*1-2/h5H,1-4H2;3,5H,1-2H2;3*1-2H3. The zero-order chi connectivity index (χ0) is 14.8. The van der Waals surface area contributed by atoms with Gasteiger partial charge in [0, 0.05) is 26.2 Å². The molecule has 0 bridgehead atoms. The molecule has 0 radical (unpaired) electrons. The normalized spacial score (nSPS) is 16.1. The lowest BCUT2D eigenvalue weighted by Gasteiger charge is -2.17. The van der Waals surface area contributed by atoms with E-state index in [4.69, 9.17) is 0 Å². The van der Waals surface area contributed by atoms with Crippen molar-refractivity contribution in [3.05, 3.63) is 0 Å². The van der Waals surface area contributed by atoms with Crippen molar-refractivity contribution < 1.29 is 9.18 Å². The molecule has 1 N–H and O–H groups in total. The molecule has 0 unspecified atom stereocenters. The van der Waals surface area contributed by atoms with E-state index in [1.807, 2.05) is 41.5 Å². The van der Waals surface area contributed by atoms with Crippen molar-refractivity contribution in [3.8, 4) is 0 Å². The predicted molar refractivity (Wildman–Crippen MR) is 78.7 cm³/mol. The van der Waals surface area contributed by atoms with E-state index in [9.17, 15) is 9.18 Å². The first-order chi connectivity index (χ1) is 8.83. The number of amides is 1. The fourth-order valence-corrected chi connectivity index (χ4v) is 1.10. The van der Waals surface area contributed by atoms with Crippen LogP contribution in [0.4, 0.5) is 4.39 Å². The highest BCUT2D eigenvalue weighted by Crippen LogP contribution is 2.02. The van der Waals surface area contributed by atoms with Gasteiger partial charge in [0.1, 0.15) is 6.17 Å². The minimum Gasteiger partial charge on any atom is -0.345 e. The topological polar surface area (TPSA) is 32.3 Å². The summed E-state index contributed by atoms with van der Waals surface area (Å²) >= 11 is 0.